The Balaban J connectivity index is 2.02. The first-order valence-corrected chi connectivity index (χ1v) is 11.6. The maximum Gasteiger partial charge on any atom is 0.349 e. The molecule has 31 heavy (non-hydrogen) atoms. The number of fused-ring (bicyclic) bond motifs is 2. The largest absolute Gasteiger partial charge is 0.361 e. The SMILES string of the molecule is COP(=O)(OC)C(c1ccccc1)(c1c[nH]c2ccccc12)c1c[nH]c2ccccc12. The van der Waals surface area contributed by atoms with Crippen molar-refractivity contribution in [1.82, 2.24) is 9.97 Å². The van der Waals surface area contributed by atoms with Gasteiger partial charge < -0.3 is 19.0 Å². The van der Waals surface area contributed by atoms with Gasteiger partial charge in [0.1, 0.15) is 0 Å². The Bertz CT molecular complexity index is 1320. The number of rotatable bonds is 6. The fourth-order valence-corrected chi connectivity index (χ4v) is 6.80. The van der Waals surface area contributed by atoms with Crippen LogP contribution in [-0.4, -0.2) is 24.2 Å². The van der Waals surface area contributed by atoms with Crippen LogP contribution in [0.4, 0.5) is 0 Å². The van der Waals surface area contributed by atoms with E-state index in [0.717, 1.165) is 38.5 Å². The van der Waals surface area contributed by atoms with Gasteiger partial charge in [-0.25, -0.2) is 0 Å². The number of H-pyrrole nitrogens is 2. The molecule has 0 bridgehead atoms. The number of aromatic amines is 2. The van der Waals surface area contributed by atoms with E-state index in [1.807, 2.05) is 91.3 Å². The van der Waals surface area contributed by atoms with Crippen molar-refractivity contribution in [3.8, 4) is 0 Å². The standard InChI is InChI=1S/C25H23N2O3P/c1-29-31(28,30-2)25(18-10-4-3-5-11-18,21-16-26-23-14-8-6-12-19(21)23)22-17-27-24-15-9-7-13-20(22)24/h3-17,26-27H,1-2H3. The highest BCUT2D eigenvalue weighted by Crippen LogP contribution is 2.71. The molecule has 0 aliphatic carbocycles. The Hall–Kier alpha value is -3.11. The second-order valence-electron chi connectivity index (χ2n) is 7.43. The molecule has 5 rings (SSSR count). The number of hydrogen-bond donors (Lipinski definition) is 2. The van der Waals surface area contributed by atoms with Crippen molar-refractivity contribution in [2.45, 2.75) is 5.16 Å². The highest BCUT2D eigenvalue weighted by Gasteiger charge is 2.56. The highest BCUT2D eigenvalue weighted by atomic mass is 31.2. The summed E-state index contributed by atoms with van der Waals surface area (Å²) in [5.74, 6) is 0. The van der Waals surface area contributed by atoms with E-state index in [1.165, 1.54) is 14.2 Å². The van der Waals surface area contributed by atoms with Crippen molar-refractivity contribution < 1.29 is 13.6 Å². The quantitative estimate of drug-likeness (QED) is 0.305. The number of nitrogens with one attached hydrogen (secondary N) is 2. The molecule has 0 saturated carbocycles. The van der Waals surface area contributed by atoms with Crippen LogP contribution in [0.3, 0.4) is 0 Å². The van der Waals surface area contributed by atoms with Crippen LogP contribution in [0.15, 0.2) is 91.3 Å². The van der Waals surface area contributed by atoms with Crippen LogP contribution >= 0.6 is 7.60 Å². The summed E-state index contributed by atoms with van der Waals surface area (Å²) < 4.78 is 26.1. The van der Waals surface area contributed by atoms with Crippen molar-refractivity contribution in [2.24, 2.45) is 0 Å². The second-order valence-corrected chi connectivity index (χ2v) is 9.83. The zero-order chi connectivity index (χ0) is 21.5. The molecule has 6 heteroatoms. The topological polar surface area (TPSA) is 67.1 Å². The number of aromatic nitrogens is 2. The Morgan fingerprint density at radius 3 is 1.61 bits per heavy atom. The maximum absolute atomic E-state index is 14.6. The van der Waals surface area contributed by atoms with E-state index in [9.17, 15) is 4.57 Å². The van der Waals surface area contributed by atoms with Gasteiger partial charge in [-0.05, 0) is 17.7 Å². The third-order valence-corrected chi connectivity index (χ3v) is 8.56. The molecule has 0 atom stereocenters. The van der Waals surface area contributed by atoms with Gasteiger partial charge in [0.05, 0.1) is 0 Å². The maximum atomic E-state index is 14.6. The van der Waals surface area contributed by atoms with Crippen LogP contribution in [-0.2, 0) is 18.8 Å². The normalized spacial score (nSPS) is 12.6. The van der Waals surface area contributed by atoms with E-state index >= 15 is 0 Å². The van der Waals surface area contributed by atoms with E-state index in [2.05, 4.69) is 9.97 Å². The summed E-state index contributed by atoms with van der Waals surface area (Å²) in [6, 6.07) is 25.8. The van der Waals surface area contributed by atoms with Gasteiger partial charge in [-0.15, -0.1) is 0 Å². The summed E-state index contributed by atoms with van der Waals surface area (Å²) in [7, 11) is -0.870. The molecule has 0 fully saturated rings. The highest BCUT2D eigenvalue weighted by molar-refractivity contribution is 7.55. The van der Waals surface area contributed by atoms with Crippen molar-refractivity contribution >= 4 is 29.4 Å². The molecule has 0 unspecified atom stereocenters. The average molecular weight is 430 g/mol. The molecular formula is C25H23N2O3P. The first kappa shape index (κ1) is 19.8. The summed E-state index contributed by atoms with van der Waals surface area (Å²) in [6.45, 7) is 0. The van der Waals surface area contributed by atoms with Gasteiger partial charge in [-0.3, -0.25) is 4.57 Å². The molecule has 0 saturated heterocycles. The fourth-order valence-electron chi connectivity index (χ4n) is 4.68. The number of hydrogen-bond acceptors (Lipinski definition) is 3. The average Bonchev–Trinajstić information content (AvgIpc) is 3.46. The monoisotopic (exact) mass is 430 g/mol. The van der Waals surface area contributed by atoms with Crippen molar-refractivity contribution in [3.63, 3.8) is 0 Å². The van der Waals surface area contributed by atoms with Crippen LogP contribution in [0, 0.1) is 0 Å². The first-order valence-electron chi connectivity index (χ1n) is 10.1. The van der Waals surface area contributed by atoms with E-state index in [1.54, 1.807) is 0 Å². The molecule has 5 aromatic rings. The lowest BCUT2D eigenvalue weighted by molar-refractivity contribution is 0.259. The lowest BCUT2D eigenvalue weighted by atomic mass is 9.83. The minimum Gasteiger partial charge on any atom is -0.361 e. The van der Waals surface area contributed by atoms with Gasteiger partial charge >= 0.3 is 7.60 Å². The predicted octanol–water partition coefficient (Wildman–Crippen LogP) is 6.43. The van der Waals surface area contributed by atoms with Crippen molar-refractivity contribution in [2.75, 3.05) is 14.2 Å². The molecule has 2 aromatic heterocycles. The van der Waals surface area contributed by atoms with Gasteiger partial charge in [0.15, 0.2) is 5.16 Å². The summed E-state index contributed by atoms with van der Waals surface area (Å²) in [5.41, 5.74) is 4.42. The minimum atomic E-state index is -3.77. The zero-order valence-corrected chi connectivity index (χ0v) is 18.2. The van der Waals surface area contributed by atoms with Gasteiger partial charge in [0.2, 0.25) is 0 Å². The Kier molecular flexibility index (Phi) is 4.82. The summed E-state index contributed by atoms with van der Waals surface area (Å²) in [4.78, 5) is 6.70. The Labute approximate surface area is 180 Å². The van der Waals surface area contributed by atoms with E-state index < -0.39 is 12.8 Å². The Morgan fingerprint density at radius 1 is 0.677 bits per heavy atom. The van der Waals surface area contributed by atoms with Gasteiger partial charge in [-0.1, -0.05) is 66.7 Å². The van der Waals surface area contributed by atoms with Gasteiger partial charge in [0.25, 0.3) is 0 Å². The third kappa shape index (κ3) is 2.75. The molecule has 156 valence electrons. The lowest BCUT2D eigenvalue weighted by Gasteiger charge is -2.38. The first-order chi connectivity index (χ1) is 15.2. The molecule has 5 nitrogen and oxygen atoms in total. The summed E-state index contributed by atoms with van der Waals surface area (Å²) >= 11 is 0. The molecule has 0 amide bonds. The van der Waals surface area contributed by atoms with E-state index in [0.29, 0.717) is 0 Å². The molecular weight excluding hydrogens is 407 g/mol. The van der Waals surface area contributed by atoms with Crippen LogP contribution < -0.4 is 0 Å². The molecule has 0 aliphatic rings. The second kappa shape index (κ2) is 7.54. The third-order valence-electron chi connectivity index (χ3n) is 6.04. The summed E-state index contributed by atoms with van der Waals surface area (Å²) in [5, 5.41) is 0.730. The van der Waals surface area contributed by atoms with Crippen LogP contribution in [0.5, 0.6) is 0 Å². The van der Waals surface area contributed by atoms with E-state index in [4.69, 9.17) is 9.05 Å². The van der Waals surface area contributed by atoms with Crippen LogP contribution in [0.25, 0.3) is 21.8 Å². The molecule has 3 aromatic carbocycles. The van der Waals surface area contributed by atoms with Crippen molar-refractivity contribution in [3.05, 3.63) is 108 Å². The molecule has 2 N–H and O–H groups in total. The van der Waals surface area contributed by atoms with Gasteiger partial charge in [-0.2, -0.15) is 0 Å². The van der Waals surface area contributed by atoms with Crippen molar-refractivity contribution in [1.29, 1.82) is 0 Å². The van der Waals surface area contributed by atoms with Gasteiger partial charge in [0, 0.05) is 59.5 Å². The predicted molar refractivity (Wildman–Crippen MR) is 125 cm³/mol. The Morgan fingerprint density at radius 2 is 1.13 bits per heavy atom. The number of para-hydroxylation sites is 2. The van der Waals surface area contributed by atoms with Crippen LogP contribution in [0.2, 0.25) is 0 Å². The molecule has 0 spiro atoms. The number of benzene rings is 3. The molecule has 0 radical (unpaired) electrons. The lowest BCUT2D eigenvalue weighted by Crippen LogP contribution is -2.30. The molecule has 0 aliphatic heterocycles. The summed E-state index contributed by atoms with van der Waals surface area (Å²) in [6.07, 6.45) is 3.84. The van der Waals surface area contributed by atoms with Crippen LogP contribution in [0.1, 0.15) is 16.7 Å². The smallest absolute Gasteiger partial charge is 0.349 e. The minimum absolute atomic E-state index is 0.830. The molecule has 2 heterocycles. The fraction of sp³-hybridized carbons (Fsp3) is 0.120. The van der Waals surface area contributed by atoms with E-state index in [-0.39, 0.29) is 0 Å². The zero-order valence-electron chi connectivity index (χ0n) is 17.3.